The van der Waals surface area contributed by atoms with E-state index in [-0.39, 0.29) is 13.3 Å². The molecular formula is C27H33N5O4Si. The van der Waals surface area contributed by atoms with Crippen molar-refractivity contribution in [3.63, 3.8) is 0 Å². The van der Waals surface area contributed by atoms with Crippen LogP contribution in [0.5, 0.6) is 5.75 Å². The van der Waals surface area contributed by atoms with Gasteiger partial charge < -0.3 is 29.9 Å². The van der Waals surface area contributed by atoms with Crippen LogP contribution in [0.4, 0.5) is 0 Å². The van der Waals surface area contributed by atoms with Crippen LogP contribution in [0.3, 0.4) is 0 Å². The second-order valence-electron chi connectivity index (χ2n) is 10.7. The number of nitrogens with one attached hydrogen (secondary N) is 1. The van der Waals surface area contributed by atoms with E-state index in [1.54, 1.807) is 42.0 Å². The van der Waals surface area contributed by atoms with Crippen molar-refractivity contribution in [2.45, 2.75) is 51.9 Å². The highest BCUT2D eigenvalue weighted by atomic mass is 28.3. The zero-order chi connectivity index (χ0) is 27.0. The van der Waals surface area contributed by atoms with Gasteiger partial charge in [0.2, 0.25) is 0 Å². The van der Waals surface area contributed by atoms with Crippen molar-refractivity contribution in [1.82, 2.24) is 14.5 Å². The van der Waals surface area contributed by atoms with Gasteiger partial charge in [0.05, 0.1) is 22.7 Å². The summed E-state index contributed by atoms with van der Waals surface area (Å²) < 4.78 is 13.7. The van der Waals surface area contributed by atoms with Gasteiger partial charge in [0.1, 0.15) is 23.9 Å². The van der Waals surface area contributed by atoms with Crippen molar-refractivity contribution in [3.05, 3.63) is 59.0 Å². The number of imidazole rings is 1. The minimum atomic E-state index is -1.66. The molecule has 4 rings (SSSR count). The van der Waals surface area contributed by atoms with E-state index in [1.807, 2.05) is 13.0 Å². The Labute approximate surface area is 216 Å². The van der Waals surface area contributed by atoms with Crippen molar-refractivity contribution >= 4 is 35.9 Å². The number of hydrogen-bond donors (Lipinski definition) is 3. The molecule has 0 radical (unpaired) electrons. The lowest BCUT2D eigenvalue weighted by Crippen LogP contribution is -2.30. The maximum atomic E-state index is 12.2. The van der Waals surface area contributed by atoms with Crippen LogP contribution < -0.4 is 10.5 Å². The molecule has 2 heterocycles. The van der Waals surface area contributed by atoms with E-state index in [0.717, 1.165) is 22.5 Å². The molecule has 1 unspecified atom stereocenters. The molecule has 4 aromatic rings. The quantitative estimate of drug-likeness (QED) is 0.213. The van der Waals surface area contributed by atoms with Crippen molar-refractivity contribution in [1.29, 1.82) is 5.26 Å². The molecule has 2 aromatic carbocycles. The van der Waals surface area contributed by atoms with Gasteiger partial charge in [-0.25, -0.2) is 4.98 Å². The first kappa shape index (κ1) is 26.4. The first-order valence-corrected chi connectivity index (χ1v) is 15.9. The Bertz CT molecular complexity index is 1510. The molecule has 9 nitrogen and oxygen atoms in total. The van der Waals surface area contributed by atoms with E-state index >= 15 is 0 Å². The lowest BCUT2D eigenvalue weighted by molar-refractivity contribution is -0.120. The Morgan fingerprint density at radius 1 is 1.30 bits per heavy atom. The Morgan fingerprint density at radius 3 is 2.73 bits per heavy atom. The molecule has 1 atom stereocenters. The third-order valence-corrected chi connectivity index (χ3v) is 8.10. The maximum Gasteiger partial charge on any atom is 0.255 e. The molecule has 194 valence electrons. The highest BCUT2D eigenvalue weighted by Gasteiger charge is 2.37. The first-order valence-electron chi connectivity index (χ1n) is 12.2. The fraction of sp³-hybridized carbons (Fsp3) is 0.370. The second-order valence-corrected chi connectivity index (χ2v) is 16.3. The van der Waals surface area contributed by atoms with Gasteiger partial charge >= 0.3 is 0 Å². The third kappa shape index (κ3) is 5.39. The smallest absolute Gasteiger partial charge is 0.255 e. The highest BCUT2D eigenvalue weighted by Crippen LogP contribution is 2.42. The summed E-state index contributed by atoms with van der Waals surface area (Å²) in [7, 11) is -1.30. The first-order chi connectivity index (χ1) is 17.4. The van der Waals surface area contributed by atoms with Crippen LogP contribution in [0.15, 0.2) is 36.5 Å². The second kappa shape index (κ2) is 10.0. The van der Waals surface area contributed by atoms with Crippen molar-refractivity contribution < 1.29 is 19.4 Å². The summed E-state index contributed by atoms with van der Waals surface area (Å²) in [6, 6.07) is 12.0. The average Bonchev–Trinajstić information content (AvgIpc) is 3.45. The number of fused-ring (bicyclic) bond motifs is 2. The molecule has 0 aliphatic rings. The van der Waals surface area contributed by atoms with Gasteiger partial charge in [-0.1, -0.05) is 19.6 Å². The number of aryl methyl sites for hydroxylation is 1. The Balaban J connectivity index is 1.88. The number of nitriles is 1. The number of hydrogen-bond acceptors (Lipinski definition) is 6. The van der Waals surface area contributed by atoms with E-state index in [4.69, 9.17) is 20.2 Å². The number of carbonyl (C=O) groups is 1. The molecule has 0 bridgehead atoms. The van der Waals surface area contributed by atoms with Gasteiger partial charge in [-0.15, -0.1) is 0 Å². The van der Waals surface area contributed by atoms with Crippen molar-refractivity contribution in [3.8, 4) is 11.8 Å². The molecule has 37 heavy (non-hydrogen) atoms. The average molecular weight is 520 g/mol. The Hall–Kier alpha value is -3.65. The molecule has 0 saturated heterocycles. The maximum absolute atomic E-state index is 12.2. The number of aliphatic hydroxyl groups is 1. The van der Waals surface area contributed by atoms with Crippen molar-refractivity contribution in [2.24, 2.45) is 5.73 Å². The summed E-state index contributed by atoms with van der Waals surface area (Å²) in [5.41, 5.74) is 7.66. The van der Waals surface area contributed by atoms with Gasteiger partial charge in [-0.05, 0) is 55.8 Å². The number of benzene rings is 2. The number of carbonyl (C=O) groups excluding carboxylic acids is 1. The Morgan fingerprint density at radius 2 is 2.05 bits per heavy atom. The molecule has 10 heteroatoms. The molecule has 4 N–H and O–H groups in total. The summed E-state index contributed by atoms with van der Waals surface area (Å²) in [5, 5.41) is 22.4. The van der Waals surface area contributed by atoms with Gasteiger partial charge in [0.15, 0.2) is 6.61 Å². The number of aromatic amines is 1. The Kier molecular flexibility index (Phi) is 7.15. The number of ether oxygens (including phenoxy) is 2. The normalized spacial score (nSPS) is 13.5. The van der Waals surface area contributed by atoms with E-state index in [1.165, 1.54) is 0 Å². The van der Waals surface area contributed by atoms with E-state index < -0.39 is 19.6 Å². The summed E-state index contributed by atoms with van der Waals surface area (Å²) in [5.74, 6) is 0.0507. The number of primary amides is 1. The van der Waals surface area contributed by atoms with Crippen molar-refractivity contribution in [2.75, 3.05) is 13.2 Å². The minimum absolute atomic E-state index is 0.154. The number of nitrogens with zero attached hydrogens (tertiary/aromatic N) is 3. The van der Waals surface area contributed by atoms with Gasteiger partial charge in [0, 0.05) is 37.3 Å². The highest BCUT2D eigenvalue weighted by molar-refractivity contribution is 6.76. The number of amides is 1. The number of H-pyrrole nitrogens is 1. The summed E-state index contributed by atoms with van der Waals surface area (Å²) in [6.45, 7) is 10.8. The lowest BCUT2D eigenvalue weighted by Gasteiger charge is -2.28. The number of aromatic nitrogens is 3. The molecule has 0 saturated carbocycles. The number of nitrogens with two attached hydrogens (primary N) is 1. The standard InChI is InChI=1S/C27H33N5O4Si/c1-17-12-22(36-15-23(29)33)24(19-8-9-30-25(17)19)27(2,34)26-31-20-7-6-18(14-28)13-21(20)32(26)16-35-10-11-37(3,4)5/h6-9,12-13,30,34H,10-11,15-16H2,1-5H3,(H2,29,33). The molecule has 0 fully saturated rings. The fourth-order valence-electron chi connectivity index (χ4n) is 4.48. The van der Waals surface area contributed by atoms with Gasteiger partial charge in [0.25, 0.3) is 5.91 Å². The third-order valence-electron chi connectivity index (χ3n) is 6.39. The van der Waals surface area contributed by atoms with Crippen LogP contribution >= 0.6 is 0 Å². The summed E-state index contributed by atoms with van der Waals surface area (Å²) >= 11 is 0. The molecule has 1 amide bonds. The topological polar surface area (TPSA) is 139 Å². The van der Waals surface area contributed by atoms with Crippen LogP contribution in [0.2, 0.25) is 25.7 Å². The predicted octanol–water partition coefficient (Wildman–Crippen LogP) is 4.13. The fourth-order valence-corrected chi connectivity index (χ4v) is 5.24. The number of rotatable bonds is 10. The van der Waals surface area contributed by atoms with E-state index in [0.29, 0.717) is 40.3 Å². The van der Waals surface area contributed by atoms with E-state index in [9.17, 15) is 15.2 Å². The molecule has 0 spiro atoms. The van der Waals surface area contributed by atoms with Crippen LogP contribution in [0.25, 0.3) is 21.9 Å². The largest absolute Gasteiger partial charge is 0.483 e. The summed E-state index contributed by atoms with van der Waals surface area (Å²) in [6.07, 6.45) is 1.79. The van der Waals surface area contributed by atoms with Gasteiger partial charge in [-0.2, -0.15) is 5.26 Å². The van der Waals surface area contributed by atoms with Crippen LogP contribution in [0, 0.1) is 18.3 Å². The zero-order valence-corrected chi connectivity index (χ0v) is 22.9. The predicted molar refractivity (Wildman–Crippen MR) is 145 cm³/mol. The molecule has 0 aliphatic carbocycles. The lowest BCUT2D eigenvalue weighted by atomic mass is 9.89. The van der Waals surface area contributed by atoms with Gasteiger partial charge in [-0.3, -0.25) is 4.79 Å². The molecule has 2 aromatic heterocycles. The summed E-state index contributed by atoms with van der Waals surface area (Å²) in [4.78, 5) is 19.5. The van der Waals surface area contributed by atoms with Crippen LogP contribution in [-0.2, 0) is 21.9 Å². The minimum Gasteiger partial charge on any atom is -0.483 e. The van der Waals surface area contributed by atoms with E-state index in [2.05, 4.69) is 30.7 Å². The monoisotopic (exact) mass is 519 g/mol. The molecular weight excluding hydrogens is 486 g/mol. The van der Waals surface area contributed by atoms with Crippen LogP contribution in [-0.4, -0.2) is 46.8 Å². The molecule has 0 aliphatic heterocycles. The van der Waals surface area contributed by atoms with Crippen LogP contribution in [0.1, 0.15) is 29.4 Å². The zero-order valence-electron chi connectivity index (χ0n) is 21.9. The SMILES string of the molecule is Cc1cc(OCC(N)=O)c(C(C)(O)c2nc3ccc(C#N)cc3n2COCC[Si](C)(C)C)c2cc[nH]c12.